The van der Waals surface area contributed by atoms with Crippen LogP contribution < -0.4 is 5.32 Å². The van der Waals surface area contributed by atoms with Crippen LogP contribution in [0.2, 0.25) is 0 Å². The zero-order valence-corrected chi connectivity index (χ0v) is 10.9. The molecule has 3 heteroatoms. The molecule has 0 unspecified atom stereocenters. The minimum absolute atomic E-state index is 0.0199. The molecular formula is C14H23NO2. The predicted octanol–water partition coefficient (Wildman–Crippen LogP) is 1.22. The first-order chi connectivity index (χ1) is 8.01. The summed E-state index contributed by atoms with van der Waals surface area (Å²) in [6, 6.07) is 8.07. The third-order valence-electron chi connectivity index (χ3n) is 3.15. The van der Waals surface area contributed by atoms with E-state index < -0.39 is 0 Å². The van der Waals surface area contributed by atoms with Gasteiger partial charge in [0.15, 0.2) is 0 Å². The fourth-order valence-corrected chi connectivity index (χ4v) is 2.01. The van der Waals surface area contributed by atoms with Crippen LogP contribution in [0.4, 0.5) is 0 Å². The first-order valence-electron chi connectivity index (χ1n) is 6.02. The summed E-state index contributed by atoms with van der Waals surface area (Å²) in [5.41, 5.74) is 2.54. The Morgan fingerprint density at radius 2 is 1.76 bits per heavy atom. The minimum atomic E-state index is -0.238. The average Bonchev–Trinajstić information content (AvgIpc) is 2.30. The highest BCUT2D eigenvalue weighted by Crippen LogP contribution is 2.25. The molecule has 0 saturated heterocycles. The van der Waals surface area contributed by atoms with Gasteiger partial charge in [0.2, 0.25) is 0 Å². The third kappa shape index (κ3) is 3.80. The summed E-state index contributed by atoms with van der Waals surface area (Å²) in [6.45, 7) is 7.07. The molecule has 0 saturated carbocycles. The van der Waals surface area contributed by atoms with Gasteiger partial charge >= 0.3 is 0 Å². The molecule has 17 heavy (non-hydrogen) atoms. The Morgan fingerprint density at radius 1 is 1.18 bits per heavy atom. The van der Waals surface area contributed by atoms with Crippen molar-refractivity contribution in [3.05, 3.63) is 35.4 Å². The van der Waals surface area contributed by atoms with Crippen molar-refractivity contribution >= 4 is 0 Å². The summed E-state index contributed by atoms with van der Waals surface area (Å²) in [7, 11) is 0. The molecule has 0 spiro atoms. The number of aliphatic hydroxyl groups is 2. The van der Waals surface area contributed by atoms with Crippen LogP contribution in [-0.2, 0) is 5.41 Å². The summed E-state index contributed by atoms with van der Waals surface area (Å²) in [5.74, 6) is 0. The normalized spacial score (nSPS) is 12.1. The van der Waals surface area contributed by atoms with E-state index in [-0.39, 0.29) is 24.7 Å². The van der Waals surface area contributed by atoms with Gasteiger partial charge in [0, 0.05) is 12.0 Å². The SMILES string of the molecule is Cc1ccccc1C(C)(C)CNC(CO)CO. The van der Waals surface area contributed by atoms with Gasteiger partial charge in [-0.15, -0.1) is 0 Å². The van der Waals surface area contributed by atoms with Crippen molar-refractivity contribution in [2.24, 2.45) is 0 Å². The van der Waals surface area contributed by atoms with Gasteiger partial charge in [0.05, 0.1) is 19.3 Å². The van der Waals surface area contributed by atoms with Crippen molar-refractivity contribution in [3.8, 4) is 0 Å². The van der Waals surface area contributed by atoms with Gasteiger partial charge in [-0.3, -0.25) is 0 Å². The van der Waals surface area contributed by atoms with E-state index in [9.17, 15) is 0 Å². The summed E-state index contributed by atoms with van der Waals surface area (Å²) < 4.78 is 0. The van der Waals surface area contributed by atoms with Crippen molar-refractivity contribution in [3.63, 3.8) is 0 Å². The zero-order chi connectivity index (χ0) is 12.9. The molecule has 0 radical (unpaired) electrons. The van der Waals surface area contributed by atoms with Gasteiger partial charge < -0.3 is 15.5 Å². The zero-order valence-electron chi connectivity index (χ0n) is 10.9. The Bertz CT molecular complexity index is 346. The van der Waals surface area contributed by atoms with Crippen LogP contribution >= 0.6 is 0 Å². The van der Waals surface area contributed by atoms with Gasteiger partial charge in [-0.05, 0) is 18.1 Å². The van der Waals surface area contributed by atoms with Crippen LogP contribution in [0.5, 0.6) is 0 Å². The van der Waals surface area contributed by atoms with E-state index in [0.29, 0.717) is 0 Å². The molecule has 1 aromatic carbocycles. The number of hydrogen-bond donors (Lipinski definition) is 3. The second-order valence-corrected chi connectivity index (χ2v) is 5.14. The summed E-state index contributed by atoms with van der Waals surface area (Å²) in [5, 5.41) is 21.2. The van der Waals surface area contributed by atoms with Crippen LogP contribution in [0, 0.1) is 6.92 Å². The van der Waals surface area contributed by atoms with E-state index in [0.717, 1.165) is 6.54 Å². The Labute approximate surface area is 103 Å². The Balaban J connectivity index is 2.71. The summed E-state index contributed by atoms with van der Waals surface area (Å²) in [4.78, 5) is 0. The van der Waals surface area contributed by atoms with Gasteiger partial charge in [0.25, 0.3) is 0 Å². The third-order valence-corrected chi connectivity index (χ3v) is 3.15. The molecule has 0 aliphatic heterocycles. The summed E-state index contributed by atoms with van der Waals surface area (Å²) >= 11 is 0. The molecule has 3 nitrogen and oxygen atoms in total. The molecule has 96 valence electrons. The first kappa shape index (κ1) is 14.2. The molecule has 0 fully saturated rings. The molecule has 0 aliphatic carbocycles. The topological polar surface area (TPSA) is 52.5 Å². The standard InChI is InChI=1S/C14H23NO2/c1-11-6-4-5-7-13(11)14(2,3)10-15-12(8-16)9-17/h4-7,12,15-17H,8-10H2,1-3H3. The van der Waals surface area contributed by atoms with E-state index in [4.69, 9.17) is 10.2 Å². The molecule has 3 N–H and O–H groups in total. The van der Waals surface area contributed by atoms with Gasteiger partial charge in [-0.1, -0.05) is 38.1 Å². The predicted molar refractivity (Wildman–Crippen MR) is 70.2 cm³/mol. The van der Waals surface area contributed by atoms with Crippen LogP contribution in [0.3, 0.4) is 0 Å². The van der Waals surface area contributed by atoms with Crippen LogP contribution in [0.1, 0.15) is 25.0 Å². The second kappa shape index (κ2) is 6.15. The minimum Gasteiger partial charge on any atom is -0.395 e. The second-order valence-electron chi connectivity index (χ2n) is 5.14. The lowest BCUT2D eigenvalue weighted by molar-refractivity contribution is 0.166. The van der Waals surface area contributed by atoms with E-state index in [1.165, 1.54) is 11.1 Å². The quantitative estimate of drug-likeness (QED) is 0.697. The van der Waals surface area contributed by atoms with Gasteiger partial charge in [-0.25, -0.2) is 0 Å². The molecule has 1 aromatic rings. The van der Waals surface area contributed by atoms with Crippen LogP contribution in [0.15, 0.2) is 24.3 Å². The number of aryl methyl sites for hydroxylation is 1. The maximum Gasteiger partial charge on any atom is 0.0607 e. The van der Waals surface area contributed by atoms with Gasteiger partial charge in [-0.2, -0.15) is 0 Å². The molecule has 0 atom stereocenters. The number of aliphatic hydroxyl groups excluding tert-OH is 2. The molecule has 1 rings (SSSR count). The molecule has 0 amide bonds. The molecule has 0 heterocycles. The van der Waals surface area contributed by atoms with Crippen molar-refractivity contribution in [1.82, 2.24) is 5.32 Å². The lowest BCUT2D eigenvalue weighted by Gasteiger charge is -2.29. The monoisotopic (exact) mass is 237 g/mol. The fourth-order valence-electron chi connectivity index (χ4n) is 2.01. The maximum absolute atomic E-state index is 9.03. The molecular weight excluding hydrogens is 214 g/mol. The molecule has 0 bridgehead atoms. The van der Waals surface area contributed by atoms with Crippen molar-refractivity contribution in [2.75, 3.05) is 19.8 Å². The Kier molecular flexibility index (Phi) is 5.12. The smallest absolute Gasteiger partial charge is 0.0607 e. The van der Waals surface area contributed by atoms with E-state index in [2.05, 4.69) is 38.2 Å². The number of nitrogens with one attached hydrogen (secondary N) is 1. The summed E-state index contributed by atoms with van der Waals surface area (Å²) in [6.07, 6.45) is 0. The molecule has 0 aromatic heterocycles. The van der Waals surface area contributed by atoms with Crippen molar-refractivity contribution in [1.29, 1.82) is 0 Å². The molecule has 0 aliphatic rings. The number of hydrogen-bond acceptors (Lipinski definition) is 3. The largest absolute Gasteiger partial charge is 0.395 e. The van der Waals surface area contributed by atoms with E-state index >= 15 is 0 Å². The average molecular weight is 237 g/mol. The lowest BCUT2D eigenvalue weighted by atomic mass is 9.82. The van der Waals surface area contributed by atoms with E-state index in [1.807, 2.05) is 12.1 Å². The van der Waals surface area contributed by atoms with Crippen LogP contribution in [0.25, 0.3) is 0 Å². The van der Waals surface area contributed by atoms with E-state index in [1.54, 1.807) is 0 Å². The highest BCUT2D eigenvalue weighted by Gasteiger charge is 2.23. The fraction of sp³-hybridized carbons (Fsp3) is 0.571. The van der Waals surface area contributed by atoms with Crippen molar-refractivity contribution in [2.45, 2.75) is 32.2 Å². The first-order valence-corrected chi connectivity index (χ1v) is 6.02. The Morgan fingerprint density at radius 3 is 2.29 bits per heavy atom. The maximum atomic E-state index is 9.03. The highest BCUT2D eigenvalue weighted by molar-refractivity contribution is 5.32. The van der Waals surface area contributed by atoms with Gasteiger partial charge in [0.1, 0.15) is 0 Å². The van der Waals surface area contributed by atoms with Crippen molar-refractivity contribution < 1.29 is 10.2 Å². The number of benzene rings is 1. The number of rotatable bonds is 6. The highest BCUT2D eigenvalue weighted by atomic mass is 16.3. The lowest BCUT2D eigenvalue weighted by Crippen LogP contribution is -2.43. The Hall–Kier alpha value is -0.900. The van der Waals surface area contributed by atoms with Crippen LogP contribution in [-0.4, -0.2) is 36.0 Å².